The Labute approximate surface area is 115 Å². The number of fused-ring (bicyclic) bond motifs is 1. The van der Waals surface area contributed by atoms with Gasteiger partial charge >= 0.3 is 11.8 Å². The third-order valence-corrected chi connectivity index (χ3v) is 2.75. The van der Waals surface area contributed by atoms with Crippen LogP contribution >= 0.6 is 0 Å². The number of Topliss-reactive ketones (excluding diaryl/α,β-unsaturated/α-hetero) is 1. The van der Waals surface area contributed by atoms with Crippen LogP contribution in [-0.4, -0.2) is 26.2 Å². The molecule has 1 aromatic heterocycles. The minimum absolute atomic E-state index is 0.0464. The van der Waals surface area contributed by atoms with Gasteiger partial charge in [-0.2, -0.15) is 13.2 Å². The summed E-state index contributed by atoms with van der Waals surface area (Å²) in [6.45, 7) is 0. The number of hydrogen-bond donors (Lipinski definition) is 0. The Hall–Kier alpha value is -2.51. The zero-order chi connectivity index (χ0) is 15.8. The Morgan fingerprint density at radius 1 is 1.14 bits per heavy atom. The number of methoxy groups -OCH3 is 2. The summed E-state index contributed by atoms with van der Waals surface area (Å²) in [7, 11) is 2.64. The molecular weight excluding hydrogens is 293 g/mol. The van der Waals surface area contributed by atoms with E-state index in [-0.39, 0.29) is 22.5 Å². The van der Waals surface area contributed by atoms with Crippen LogP contribution in [0.25, 0.3) is 11.0 Å². The van der Waals surface area contributed by atoms with E-state index in [0.29, 0.717) is 0 Å². The highest BCUT2D eigenvalue weighted by atomic mass is 19.4. The van der Waals surface area contributed by atoms with Crippen molar-refractivity contribution in [1.82, 2.24) is 0 Å². The SMILES string of the molecule is COc1cc(OC)c2cc(C(=O)C(F)(F)F)c(=O)oc2c1. The molecule has 0 N–H and O–H groups in total. The third kappa shape index (κ3) is 2.69. The summed E-state index contributed by atoms with van der Waals surface area (Å²) in [5.41, 5.74) is -2.52. The summed E-state index contributed by atoms with van der Waals surface area (Å²) in [5, 5.41) is 0.0606. The summed E-state index contributed by atoms with van der Waals surface area (Å²) in [6.07, 6.45) is -5.16. The predicted octanol–water partition coefficient (Wildman–Crippen LogP) is 2.56. The standard InChI is InChI=1S/C13H9F3O5/c1-19-6-3-9(20-2)7-5-8(11(17)13(14,15)16)12(18)21-10(7)4-6/h3-5H,1-2H3. The van der Waals surface area contributed by atoms with Crippen molar-refractivity contribution < 1.29 is 31.9 Å². The third-order valence-electron chi connectivity index (χ3n) is 2.75. The molecule has 0 bridgehead atoms. The van der Waals surface area contributed by atoms with Gasteiger partial charge in [-0.05, 0) is 6.07 Å². The van der Waals surface area contributed by atoms with Crippen molar-refractivity contribution in [1.29, 1.82) is 0 Å². The van der Waals surface area contributed by atoms with Crippen LogP contribution in [0.2, 0.25) is 0 Å². The zero-order valence-corrected chi connectivity index (χ0v) is 10.9. The normalized spacial score (nSPS) is 11.5. The van der Waals surface area contributed by atoms with Gasteiger partial charge in [0.25, 0.3) is 5.78 Å². The minimum atomic E-state index is -5.16. The van der Waals surface area contributed by atoms with E-state index in [4.69, 9.17) is 13.9 Å². The molecule has 112 valence electrons. The number of benzene rings is 1. The quantitative estimate of drug-likeness (QED) is 0.644. The van der Waals surface area contributed by atoms with E-state index >= 15 is 0 Å². The Morgan fingerprint density at radius 2 is 1.81 bits per heavy atom. The fourth-order valence-electron chi connectivity index (χ4n) is 1.76. The van der Waals surface area contributed by atoms with E-state index in [1.54, 1.807) is 0 Å². The number of halogens is 3. The van der Waals surface area contributed by atoms with Gasteiger partial charge in [0.1, 0.15) is 22.6 Å². The first kappa shape index (κ1) is 14.9. The van der Waals surface area contributed by atoms with E-state index in [0.717, 1.165) is 6.07 Å². The van der Waals surface area contributed by atoms with Gasteiger partial charge in [0.05, 0.1) is 19.6 Å². The molecule has 0 unspecified atom stereocenters. The summed E-state index contributed by atoms with van der Waals surface area (Å²) >= 11 is 0. The Kier molecular flexibility index (Phi) is 3.63. The van der Waals surface area contributed by atoms with Crippen molar-refractivity contribution in [2.24, 2.45) is 0 Å². The van der Waals surface area contributed by atoms with Crippen molar-refractivity contribution in [2.45, 2.75) is 6.18 Å². The number of ether oxygens (including phenoxy) is 2. The topological polar surface area (TPSA) is 65.7 Å². The van der Waals surface area contributed by atoms with Crippen LogP contribution < -0.4 is 15.1 Å². The highest BCUT2D eigenvalue weighted by molar-refractivity contribution is 6.02. The molecule has 0 aliphatic rings. The lowest BCUT2D eigenvalue weighted by Gasteiger charge is -2.09. The van der Waals surface area contributed by atoms with E-state index in [1.165, 1.54) is 26.4 Å². The van der Waals surface area contributed by atoms with E-state index in [1.807, 2.05) is 0 Å². The molecule has 8 heteroatoms. The lowest BCUT2D eigenvalue weighted by atomic mass is 10.1. The fraction of sp³-hybridized carbons (Fsp3) is 0.231. The van der Waals surface area contributed by atoms with Crippen LogP contribution in [0.4, 0.5) is 13.2 Å². The molecule has 0 spiro atoms. The highest BCUT2D eigenvalue weighted by Gasteiger charge is 2.41. The van der Waals surface area contributed by atoms with Crippen LogP contribution in [0.1, 0.15) is 10.4 Å². The Morgan fingerprint density at radius 3 is 2.33 bits per heavy atom. The van der Waals surface area contributed by atoms with E-state index < -0.39 is 23.1 Å². The summed E-state index contributed by atoms with van der Waals surface area (Å²) in [6, 6.07) is 3.50. The number of carbonyl (C=O) groups excluding carboxylic acids is 1. The molecule has 0 saturated carbocycles. The number of ketones is 1. The second kappa shape index (κ2) is 5.12. The Bertz CT molecular complexity index is 761. The molecule has 0 atom stereocenters. The van der Waals surface area contributed by atoms with Crippen molar-refractivity contribution in [3.63, 3.8) is 0 Å². The molecule has 2 aromatic rings. The van der Waals surface area contributed by atoms with Crippen molar-refractivity contribution >= 4 is 16.8 Å². The highest BCUT2D eigenvalue weighted by Crippen LogP contribution is 2.31. The first-order valence-corrected chi connectivity index (χ1v) is 5.59. The molecule has 0 fully saturated rings. The second-order valence-electron chi connectivity index (χ2n) is 4.02. The molecule has 1 aromatic carbocycles. The lowest BCUT2D eigenvalue weighted by Crippen LogP contribution is -2.28. The summed E-state index contributed by atoms with van der Waals surface area (Å²) < 4.78 is 52.0. The van der Waals surface area contributed by atoms with Gasteiger partial charge in [-0.25, -0.2) is 4.79 Å². The summed E-state index contributed by atoms with van der Waals surface area (Å²) in [5.74, 6) is -1.86. The van der Waals surface area contributed by atoms with Gasteiger partial charge in [0, 0.05) is 12.1 Å². The largest absolute Gasteiger partial charge is 0.496 e. The maximum absolute atomic E-state index is 12.4. The molecule has 5 nitrogen and oxygen atoms in total. The lowest BCUT2D eigenvalue weighted by molar-refractivity contribution is -0.0887. The summed E-state index contributed by atoms with van der Waals surface area (Å²) in [4.78, 5) is 22.8. The van der Waals surface area contributed by atoms with E-state index in [9.17, 15) is 22.8 Å². The maximum atomic E-state index is 12.4. The first-order chi connectivity index (χ1) is 9.77. The number of carbonyl (C=O) groups is 1. The average Bonchev–Trinajstić information content (AvgIpc) is 2.43. The first-order valence-electron chi connectivity index (χ1n) is 5.59. The molecule has 0 saturated heterocycles. The van der Waals surface area contributed by atoms with Crippen LogP contribution in [0.3, 0.4) is 0 Å². The maximum Gasteiger partial charge on any atom is 0.455 e. The molecule has 1 heterocycles. The van der Waals surface area contributed by atoms with Gasteiger partial charge < -0.3 is 13.9 Å². The van der Waals surface area contributed by atoms with Gasteiger partial charge in [-0.3, -0.25) is 4.79 Å². The van der Waals surface area contributed by atoms with Gasteiger partial charge in [-0.15, -0.1) is 0 Å². The van der Waals surface area contributed by atoms with Crippen LogP contribution in [0.15, 0.2) is 27.4 Å². The van der Waals surface area contributed by atoms with Gasteiger partial charge in [0.15, 0.2) is 0 Å². The predicted molar refractivity (Wildman–Crippen MR) is 66.0 cm³/mol. The Balaban J connectivity index is 2.76. The number of hydrogen-bond acceptors (Lipinski definition) is 5. The molecule has 2 rings (SSSR count). The van der Waals surface area contributed by atoms with Crippen LogP contribution in [-0.2, 0) is 0 Å². The number of rotatable bonds is 3. The van der Waals surface area contributed by atoms with Gasteiger partial charge in [0.2, 0.25) is 0 Å². The molecule has 0 radical (unpaired) electrons. The monoisotopic (exact) mass is 302 g/mol. The van der Waals surface area contributed by atoms with Crippen molar-refractivity contribution in [3.05, 3.63) is 34.2 Å². The van der Waals surface area contributed by atoms with Crippen molar-refractivity contribution in [3.8, 4) is 11.5 Å². The van der Waals surface area contributed by atoms with E-state index in [2.05, 4.69) is 0 Å². The van der Waals surface area contributed by atoms with Crippen LogP contribution in [0, 0.1) is 0 Å². The van der Waals surface area contributed by atoms with Crippen LogP contribution in [0.5, 0.6) is 11.5 Å². The number of alkyl halides is 3. The van der Waals surface area contributed by atoms with Gasteiger partial charge in [-0.1, -0.05) is 0 Å². The molecular formula is C13H9F3O5. The molecule has 21 heavy (non-hydrogen) atoms. The molecule has 0 amide bonds. The molecule has 0 aliphatic heterocycles. The van der Waals surface area contributed by atoms with Crippen molar-refractivity contribution in [2.75, 3.05) is 14.2 Å². The fourth-order valence-corrected chi connectivity index (χ4v) is 1.76. The zero-order valence-electron chi connectivity index (χ0n) is 10.9. The average molecular weight is 302 g/mol. The minimum Gasteiger partial charge on any atom is -0.496 e. The molecule has 0 aliphatic carbocycles. The smallest absolute Gasteiger partial charge is 0.455 e. The second-order valence-corrected chi connectivity index (χ2v) is 4.02.